The second-order valence-electron chi connectivity index (χ2n) is 6.92. The summed E-state index contributed by atoms with van der Waals surface area (Å²) in [5, 5.41) is 12.0. The van der Waals surface area contributed by atoms with Gasteiger partial charge in [-0.05, 0) is 49.6 Å². The first kappa shape index (κ1) is 18.7. The lowest BCUT2D eigenvalue weighted by Crippen LogP contribution is -2.32. The van der Waals surface area contributed by atoms with Crippen molar-refractivity contribution in [3.05, 3.63) is 71.8 Å². The minimum atomic E-state index is -0.298. The van der Waals surface area contributed by atoms with Gasteiger partial charge in [-0.3, -0.25) is 9.36 Å². The van der Waals surface area contributed by atoms with Gasteiger partial charge in [-0.1, -0.05) is 42.1 Å². The van der Waals surface area contributed by atoms with Crippen molar-refractivity contribution in [3.63, 3.8) is 0 Å². The predicted octanol–water partition coefficient (Wildman–Crippen LogP) is 3.76. The molecule has 7 heteroatoms. The quantitative estimate of drug-likeness (QED) is 0.618. The molecule has 1 atom stereocenters. The van der Waals surface area contributed by atoms with Crippen LogP contribution in [0, 0.1) is 5.82 Å². The molecule has 5 nitrogen and oxygen atoms in total. The van der Waals surface area contributed by atoms with Crippen molar-refractivity contribution < 1.29 is 9.18 Å². The van der Waals surface area contributed by atoms with Crippen molar-refractivity contribution in [3.8, 4) is 5.69 Å². The van der Waals surface area contributed by atoms with E-state index in [1.54, 1.807) is 12.1 Å². The van der Waals surface area contributed by atoms with Crippen molar-refractivity contribution in [2.75, 3.05) is 0 Å². The molecule has 0 saturated heterocycles. The molecule has 0 unspecified atom stereocenters. The highest BCUT2D eigenvalue weighted by molar-refractivity contribution is 8.00. The highest BCUT2D eigenvalue weighted by Crippen LogP contribution is 2.28. The molecule has 28 heavy (non-hydrogen) atoms. The maximum absolute atomic E-state index is 13.4. The molecule has 1 aromatic heterocycles. The smallest absolute Gasteiger partial charge is 0.233 e. The van der Waals surface area contributed by atoms with E-state index in [-0.39, 0.29) is 17.0 Å². The fourth-order valence-electron chi connectivity index (χ4n) is 2.88. The van der Waals surface area contributed by atoms with Crippen LogP contribution in [0.3, 0.4) is 0 Å². The molecular formula is C21H21FN4OS. The summed E-state index contributed by atoms with van der Waals surface area (Å²) in [7, 11) is 0. The van der Waals surface area contributed by atoms with E-state index in [2.05, 4.69) is 15.5 Å². The number of rotatable bonds is 7. The van der Waals surface area contributed by atoms with E-state index in [4.69, 9.17) is 0 Å². The van der Waals surface area contributed by atoms with E-state index in [1.165, 1.54) is 23.9 Å². The number of carbonyl (C=O) groups excluding carboxylic acids is 1. The summed E-state index contributed by atoms with van der Waals surface area (Å²) < 4.78 is 15.3. The Morgan fingerprint density at radius 1 is 1.18 bits per heavy atom. The number of hydrogen-bond acceptors (Lipinski definition) is 4. The Morgan fingerprint density at radius 2 is 1.89 bits per heavy atom. The maximum atomic E-state index is 13.4. The van der Waals surface area contributed by atoms with Crippen molar-refractivity contribution in [2.45, 2.75) is 42.6 Å². The van der Waals surface area contributed by atoms with Crippen LogP contribution in [0.25, 0.3) is 5.69 Å². The average molecular weight is 396 g/mol. The summed E-state index contributed by atoms with van der Waals surface area (Å²) in [5.41, 5.74) is 1.88. The zero-order valence-corrected chi connectivity index (χ0v) is 16.3. The number of nitrogens with zero attached hydrogens (tertiary/aromatic N) is 3. The summed E-state index contributed by atoms with van der Waals surface area (Å²) >= 11 is 1.36. The number of carbonyl (C=O) groups is 1. The minimum Gasteiger partial charge on any atom is -0.352 e. The van der Waals surface area contributed by atoms with E-state index < -0.39 is 0 Å². The Bertz CT molecular complexity index is 954. The number of thioether (sulfide) groups is 1. The van der Waals surface area contributed by atoms with Gasteiger partial charge in [0.1, 0.15) is 11.6 Å². The Hall–Kier alpha value is -2.67. The number of hydrogen-bond donors (Lipinski definition) is 1. The molecule has 1 amide bonds. The molecule has 3 aromatic rings. The first-order valence-corrected chi connectivity index (χ1v) is 10.2. The number of amides is 1. The summed E-state index contributed by atoms with van der Waals surface area (Å²) in [6.45, 7) is 1.86. The topological polar surface area (TPSA) is 59.8 Å². The largest absolute Gasteiger partial charge is 0.352 e. The van der Waals surface area contributed by atoms with Crippen molar-refractivity contribution >= 4 is 17.7 Å². The molecule has 0 radical (unpaired) electrons. The first-order valence-electron chi connectivity index (χ1n) is 9.31. The predicted molar refractivity (Wildman–Crippen MR) is 107 cm³/mol. The van der Waals surface area contributed by atoms with Gasteiger partial charge in [0, 0.05) is 18.2 Å². The van der Waals surface area contributed by atoms with Crippen molar-refractivity contribution in [1.82, 2.24) is 20.1 Å². The second kappa shape index (κ2) is 8.14. The molecule has 1 aliphatic rings. The number of aromatic nitrogens is 3. The minimum absolute atomic E-state index is 0.00534. The van der Waals surface area contributed by atoms with Gasteiger partial charge >= 0.3 is 0 Å². The Morgan fingerprint density at radius 3 is 2.57 bits per heavy atom. The molecular weight excluding hydrogens is 375 g/mol. The molecule has 0 spiro atoms. The van der Waals surface area contributed by atoms with Crippen LogP contribution in [0.2, 0.25) is 0 Å². The molecule has 0 bridgehead atoms. The van der Waals surface area contributed by atoms with Crippen LogP contribution in [0.15, 0.2) is 59.8 Å². The highest BCUT2D eigenvalue weighted by atomic mass is 32.2. The summed E-state index contributed by atoms with van der Waals surface area (Å²) in [5.74, 6) is 0.452. The maximum Gasteiger partial charge on any atom is 0.233 e. The molecule has 1 heterocycles. The number of halogens is 1. The van der Waals surface area contributed by atoms with Crippen LogP contribution in [0.4, 0.5) is 4.39 Å². The summed E-state index contributed by atoms with van der Waals surface area (Å²) in [6.07, 6.45) is 2.70. The summed E-state index contributed by atoms with van der Waals surface area (Å²) in [4.78, 5) is 12.3. The fourth-order valence-corrected chi connectivity index (χ4v) is 3.77. The van der Waals surface area contributed by atoms with Gasteiger partial charge in [-0.2, -0.15) is 0 Å². The molecule has 1 fully saturated rings. The van der Waals surface area contributed by atoms with Gasteiger partial charge in [-0.25, -0.2) is 4.39 Å². The Labute approximate surface area is 167 Å². The van der Waals surface area contributed by atoms with Gasteiger partial charge in [0.15, 0.2) is 5.16 Å². The third-order valence-corrected chi connectivity index (χ3v) is 5.61. The molecule has 1 N–H and O–H groups in total. The van der Waals surface area contributed by atoms with Gasteiger partial charge in [0.25, 0.3) is 0 Å². The fraction of sp³-hybridized carbons (Fsp3) is 0.286. The van der Waals surface area contributed by atoms with Crippen LogP contribution >= 0.6 is 11.8 Å². The zero-order valence-electron chi connectivity index (χ0n) is 15.5. The third-order valence-electron chi connectivity index (χ3n) is 4.57. The SMILES string of the molecule is C[C@H](Sc1nnc(Cc2ccccc2)n1-c1ccc(F)cc1)C(=O)NC1CC1. The lowest BCUT2D eigenvalue weighted by molar-refractivity contribution is -0.120. The number of benzene rings is 2. The number of nitrogens with one attached hydrogen (secondary N) is 1. The Kier molecular flexibility index (Phi) is 5.43. The molecule has 4 rings (SSSR count). The molecule has 0 aliphatic heterocycles. The van der Waals surface area contributed by atoms with E-state index >= 15 is 0 Å². The van der Waals surface area contributed by atoms with Crippen molar-refractivity contribution in [1.29, 1.82) is 0 Å². The van der Waals surface area contributed by atoms with Crippen LogP contribution in [-0.4, -0.2) is 32.0 Å². The normalized spacial score (nSPS) is 14.6. The highest BCUT2D eigenvalue weighted by Gasteiger charge is 2.27. The van der Waals surface area contributed by atoms with Crippen LogP contribution in [0.1, 0.15) is 31.2 Å². The van der Waals surface area contributed by atoms with Gasteiger partial charge in [0.05, 0.1) is 5.25 Å². The molecule has 1 saturated carbocycles. The molecule has 144 valence electrons. The third kappa shape index (κ3) is 4.42. The van der Waals surface area contributed by atoms with E-state index in [9.17, 15) is 9.18 Å². The lowest BCUT2D eigenvalue weighted by atomic mass is 10.1. The van der Waals surface area contributed by atoms with Gasteiger partial charge in [-0.15, -0.1) is 10.2 Å². The molecule has 1 aliphatic carbocycles. The van der Waals surface area contributed by atoms with E-state index in [0.29, 0.717) is 17.6 Å². The molecule has 2 aromatic carbocycles. The van der Waals surface area contributed by atoms with E-state index in [1.807, 2.05) is 41.8 Å². The first-order chi connectivity index (χ1) is 13.6. The second-order valence-corrected chi connectivity index (χ2v) is 8.22. The van der Waals surface area contributed by atoms with Gasteiger partial charge < -0.3 is 5.32 Å². The Balaban J connectivity index is 1.63. The zero-order chi connectivity index (χ0) is 19.5. The standard InChI is InChI=1S/C21H21FN4OS/c1-14(20(27)23-17-9-10-17)28-21-25-24-19(13-15-5-3-2-4-6-15)26(21)18-11-7-16(22)8-12-18/h2-8,11-12,14,17H,9-10,13H2,1H3,(H,23,27)/t14-/m0/s1. The monoisotopic (exact) mass is 396 g/mol. The average Bonchev–Trinajstić information content (AvgIpc) is 3.44. The van der Waals surface area contributed by atoms with Crippen LogP contribution in [0.5, 0.6) is 0 Å². The van der Waals surface area contributed by atoms with Crippen LogP contribution < -0.4 is 5.32 Å². The van der Waals surface area contributed by atoms with Gasteiger partial charge in [0.2, 0.25) is 5.91 Å². The van der Waals surface area contributed by atoms with Crippen LogP contribution in [-0.2, 0) is 11.2 Å². The van der Waals surface area contributed by atoms with Crippen molar-refractivity contribution in [2.24, 2.45) is 0 Å². The summed E-state index contributed by atoms with van der Waals surface area (Å²) in [6, 6.07) is 16.5. The lowest BCUT2D eigenvalue weighted by Gasteiger charge is -2.14. The van der Waals surface area contributed by atoms with E-state index in [0.717, 1.165) is 29.9 Å².